The van der Waals surface area contributed by atoms with Crippen LogP contribution in [0.5, 0.6) is 5.75 Å². The minimum atomic E-state index is -4.16. The van der Waals surface area contributed by atoms with Crippen LogP contribution in [0.3, 0.4) is 0 Å². The van der Waals surface area contributed by atoms with Crippen molar-refractivity contribution in [1.29, 1.82) is 0 Å². The fourth-order valence-corrected chi connectivity index (χ4v) is 9.42. The summed E-state index contributed by atoms with van der Waals surface area (Å²) >= 11 is 4.83. The molecule has 0 unspecified atom stereocenters. The number of rotatable bonds is 11. The van der Waals surface area contributed by atoms with Gasteiger partial charge in [-0.3, -0.25) is 9.11 Å². The highest BCUT2D eigenvalue weighted by atomic mass is 32.2. The third-order valence-corrected chi connectivity index (χ3v) is 12.4. The van der Waals surface area contributed by atoms with Crippen LogP contribution in [0.25, 0.3) is 47.9 Å². The van der Waals surface area contributed by atoms with Crippen LogP contribution in [0.4, 0.5) is 5.69 Å². The Labute approximate surface area is 284 Å². The lowest BCUT2D eigenvalue weighted by Gasteiger charge is -2.18. The Kier molecular flexibility index (Phi) is 8.68. The Bertz CT molecular complexity index is 2360. The molecule has 0 amide bonds. The zero-order valence-corrected chi connectivity index (χ0v) is 28.9. The molecule has 0 bridgehead atoms. The van der Waals surface area contributed by atoms with E-state index in [-0.39, 0.29) is 25.1 Å². The summed E-state index contributed by atoms with van der Waals surface area (Å²) in [5.74, 6) is 0.323. The van der Waals surface area contributed by atoms with Crippen molar-refractivity contribution in [2.75, 3.05) is 23.0 Å². The number of thiazole rings is 1. The van der Waals surface area contributed by atoms with Gasteiger partial charge < -0.3 is 9.64 Å². The summed E-state index contributed by atoms with van der Waals surface area (Å²) < 4.78 is 75.9. The van der Waals surface area contributed by atoms with Gasteiger partial charge in [-0.05, 0) is 70.3 Å². The minimum Gasteiger partial charge on any atom is -0.438 e. The first-order valence-corrected chi connectivity index (χ1v) is 20.5. The maximum atomic E-state index is 11.6. The molecule has 14 heteroatoms. The molecule has 242 valence electrons. The fourth-order valence-electron chi connectivity index (χ4n) is 5.80. The van der Waals surface area contributed by atoms with Crippen molar-refractivity contribution in [3.05, 3.63) is 94.4 Å². The Morgan fingerprint density at radius 1 is 0.809 bits per heavy atom. The van der Waals surface area contributed by atoms with E-state index in [0.717, 1.165) is 47.9 Å². The lowest BCUT2D eigenvalue weighted by Crippen LogP contribution is -2.36. The average Bonchev–Trinajstić information content (AvgIpc) is 3.82. The molecular weight excluding hydrogens is 697 g/mol. The predicted molar refractivity (Wildman–Crippen MR) is 191 cm³/mol. The molecule has 6 aromatic rings. The van der Waals surface area contributed by atoms with Gasteiger partial charge in [0.2, 0.25) is 11.4 Å². The highest BCUT2D eigenvalue weighted by Gasteiger charge is 2.30. The number of ether oxygens (including phenoxy) is 1. The van der Waals surface area contributed by atoms with E-state index in [9.17, 15) is 25.9 Å². The Hall–Kier alpha value is -3.63. The Balaban J connectivity index is 1.31. The first-order chi connectivity index (χ1) is 22.5. The van der Waals surface area contributed by atoms with Gasteiger partial charge in [0, 0.05) is 34.0 Å². The van der Waals surface area contributed by atoms with Gasteiger partial charge in [0.1, 0.15) is 4.70 Å². The summed E-state index contributed by atoms with van der Waals surface area (Å²) in [5, 5.41) is 6.01. The van der Waals surface area contributed by atoms with E-state index in [0.29, 0.717) is 18.2 Å². The maximum Gasteiger partial charge on any atom is 0.268 e. The van der Waals surface area contributed by atoms with Crippen molar-refractivity contribution >= 4 is 86.3 Å². The molecule has 0 fully saturated rings. The van der Waals surface area contributed by atoms with E-state index >= 15 is 0 Å². The van der Waals surface area contributed by atoms with E-state index < -0.39 is 26.0 Å². The van der Waals surface area contributed by atoms with Gasteiger partial charge in [-0.2, -0.15) is 21.4 Å². The topological polar surface area (TPSA) is 125 Å². The molecule has 7 rings (SSSR count). The lowest BCUT2D eigenvalue weighted by atomic mass is 10.0. The molecule has 9 nitrogen and oxygen atoms in total. The second-order valence-electron chi connectivity index (χ2n) is 11.1. The quantitative estimate of drug-likeness (QED) is 0.104. The summed E-state index contributed by atoms with van der Waals surface area (Å²) in [7, 11) is -8.30. The third kappa shape index (κ3) is 6.99. The Morgan fingerprint density at radius 3 is 2.40 bits per heavy atom. The van der Waals surface area contributed by atoms with Crippen molar-refractivity contribution in [2.45, 2.75) is 19.4 Å². The molecule has 2 N–H and O–H groups in total. The molecule has 3 aromatic heterocycles. The van der Waals surface area contributed by atoms with Gasteiger partial charge in [-0.1, -0.05) is 41.7 Å². The highest BCUT2D eigenvalue weighted by molar-refractivity contribution is 7.86. The van der Waals surface area contributed by atoms with Crippen LogP contribution in [-0.4, -0.2) is 44.0 Å². The molecule has 1 aliphatic heterocycles. The summed E-state index contributed by atoms with van der Waals surface area (Å²) in [5.41, 5.74) is 4.79. The van der Waals surface area contributed by atoms with E-state index in [4.69, 9.17) is 4.74 Å². The lowest BCUT2D eigenvalue weighted by molar-refractivity contribution is -0.668. The van der Waals surface area contributed by atoms with Crippen LogP contribution in [0.15, 0.2) is 89.4 Å². The first kappa shape index (κ1) is 31.9. The molecule has 0 saturated heterocycles. The monoisotopic (exact) mass is 725 g/mol. The van der Waals surface area contributed by atoms with Crippen LogP contribution in [-0.2, 0) is 26.8 Å². The third-order valence-electron chi connectivity index (χ3n) is 7.89. The van der Waals surface area contributed by atoms with Crippen molar-refractivity contribution in [3.63, 3.8) is 0 Å². The SMILES string of the molecule is O=S(=O)(O)CCCN1/C(=C/c2sc3ccc(-c4cccs4)cc3[n+]2CCCS(=O)(=O)O)Oc2ccc(-c3cccc4sccc34)cc21. The minimum absolute atomic E-state index is 0.161. The van der Waals surface area contributed by atoms with Crippen molar-refractivity contribution in [2.24, 2.45) is 0 Å². The molecule has 0 atom stereocenters. The fraction of sp³-hybridized carbons (Fsp3) is 0.182. The van der Waals surface area contributed by atoms with E-state index in [1.54, 1.807) is 22.7 Å². The number of anilines is 1. The smallest absolute Gasteiger partial charge is 0.268 e. The van der Waals surface area contributed by atoms with Crippen LogP contribution >= 0.6 is 34.0 Å². The van der Waals surface area contributed by atoms with Gasteiger partial charge in [0.25, 0.3) is 25.2 Å². The molecule has 3 aromatic carbocycles. The van der Waals surface area contributed by atoms with Gasteiger partial charge in [-0.15, -0.1) is 22.7 Å². The van der Waals surface area contributed by atoms with Gasteiger partial charge in [0.05, 0.1) is 23.3 Å². The number of aryl methyl sites for hydroxylation is 1. The summed E-state index contributed by atoms with van der Waals surface area (Å²) in [4.78, 5) is 3.03. The maximum absolute atomic E-state index is 11.6. The van der Waals surface area contributed by atoms with Crippen LogP contribution < -0.4 is 14.2 Å². The number of nitrogens with zero attached hydrogens (tertiary/aromatic N) is 2. The normalized spacial score (nSPS) is 14.3. The number of benzene rings is 3. The highest BCUT2D eigenvalue weighted by Crippen LogP contribution is 2.44. The number of thiophene rings is 2. The largest absolute Gasteiger partial charge is 0.438 e. The average molecular weight is 726 g/mol. The summed E-state index contributed by atoms with van der Waals surface area (Å²) in [6, 6.07) is 24.5. The number of fused-ring (bicyclic) bond motifs is 3. The van der Waals surface area contributed by atoms with Crippen LogP contribution in [0.2, 0.25) is 0 Å². The van der Waals surface area contributed by atoms with E-state index in [1.807, 2.05) is 63.4 Å². The standard InChI is InChI=1S/C33H28N2O7S5/c36-46(37,38)17-3-13-34-26-19-22(24-5-1-6-30-25(24)12-16-44-30)8-10-28(26)42-32(34)21-33-35(14-4-18-47(39,40)41)27-20-23(9-11-31(27)45-33)29-7-2-15-43-29/h1-2,5-12,15-16,19-21H,3-4,13-14,17-18H2,(H-,36,37,38,39,40,41)/p+1. The number of hydrogen-bond acceptors (Lipinski definition) is 9. The van der Waals surface area contributed by atoms with Crippen molar-refractivity contribution < 1.29 is 35.2 Å². The Morgan fingerprint density at radius 2 is 1.62 bits per heavy atom. The van der Waals surface area contributed by atoms with Gasteiger partial charge in [0.15, 0.2) is 12.3 Å². The molecule has 0 spiro atoms. The molecule has 47 heavy (non-hydrogen) atoms. The number of aromatic nitrogens is 1. The molecule has 1 aliphatic rings. The zero-order valence-electron chi connectivity index (χ0n) is 24.8. The molecule has 0 radical (unpaired) electrons. The molecular formula is C33H29N2O7S5+. The van der Waals surface area contributed by atoms with Crippen molar-refractivity contribution in [1.82, 2.24) is 0 Å². The van der Waals surface area contributed by atoms with Crippen LogP contribution in [0, 0.1) is 0 Å². The van der Waals surface area contributed by atoms with Gasteiger partial charge >= 0.3 is 0 Å². The first-order valence-electron chi connectivity index (χ1n) is 14.7. The van der Waals surface area contributed by atoms with Gasteiger partial charge in [-0.25, -0.2) is 0 Å². The second kappa shape index (κ2) is 12.8. The van der Waals surface area contributed by atoms with Crippen LogP contribution in [0.1, 0.15) is 17.8 Å². The van der Waals surface area contributed by atoms with E-state index in [1.165, 1.54) is 16.0 Å². The predicted octanol–water partition coefficient (Wildman–Crippen LogP) is 7.55. The summed E-state index contributed by atoms with van der Waals surface area (Å²) in [6.45, 7) is 0.595. The molecule has 0 saturated carbocycles. The number of hydrogen-bond donors (Lipinski definition) is 2. The zero-order chi connectivity index (χ0) is 32.8. The van der Waals surface area contributed by atoms with E-state index in [2.05, 4.69) is 35.7 Å². The summed E-state index contributed by atoms with van der Waals surface area (Å²) in [6.07, 6.45) is 2.25. The molecule has 4 heterocycles. The molecule has 0 aliphatic carbocycles. The van der Waals surface area contributed by atoms with Crippen molar-refractivity contribution in [3.8, 4) is 27.3 Å². The second-order valence-corrected chi connectivity index (χ2v) is 17.2.